The van der Waals surface area contributed by atoms with Crippen molar-refractivity contribution in [3.63, 3.8) is 0 Å². The Morgan fingerprint density at radius 2 is 1.90 bits per heavy atom. The van der Waals surface area contributed by atoms with Gasteiger partial charge in [0.15, 0.2) is 5.82 Å². The van der Waals surface area contributed by atoms with Crippen LogP contribution in [0.15, 0.2) is 47.0 Å². The summed E-state index contributed by atoms with van der Waals surface area (Å²) in [6.07, 6.45) is 0. The van der Waals surface area contributed by atoms with E-state index in [1.54, 1.807) is 6.07 Å². The van der Waals surface area contributed by atoms with E-state index in [2.05, 4.69) is 42.2 Å². The lowest BCUT2D eigenvalue weighted by molar-refractivity contribution is 0.409. The zero-order valence-electron chi connectivity index (χ0n) is 11.7. The molecule has 5 heteroatoms. The summed E-state index contributed by atoms with van der Waals surface area (Å²) in [6, 6.07) is 15.8. The van der Waals surface area contributed by atoms with Crippen molar-refractivity contribution in [3.8, 4) is 16.8 Å². The van der Waals surface area contributed by atoms with Crippen molar-refractivity contribution >= 4 is 11.3 Å². The summed E-state index contributed by atoms with van der Waals surface area (Å²) < 4.78 is 5.36. The number of thiophene rings is 1. The SMILES string of the molecule is CC(C)(c1ccccc1)c1noc(-c2ccc(C#N)s2)n1. The fourth-order valence-corrected chi connectivity index (χ4v) is 2.80. The molecule has 0 aliphatic carbocycles. The molecule has 0 saturated heterocycles. The van der Waals surface area contributed by atoms with Crippen molar-refractivity contribution in [3.05, 3.63) is 58.7 Å². The second-order valence-electron chi connectivity index (χ2n) is 5.19. The average molecular weight is 295 g/mol. The Bertz CT molecular complexity index is 796. The van der Waals surface area contributed by atoms with E-state index in [0.29, 0.717) is 16.6 Å². The standard InChI is InChI=1S/C16H13N3OS/c1-16(2,11-6-4-3-5-7-11)15-18-14(20-19-15)13-9-8-12(10-17)21-13/h3-9H,1-2H3. The molecule has 0 unspecified atom stereocenters. The van der Waals surface area contributed by atoms with Gasteiger partial charge >= 0.3 is 0 Å². The maximum Gasteiger partial charge on any atom is 0.268 e. The molecule has 3 rings (SSSR count). The highest BCUT2D eigenvalue weighted by Gasteiger charge is 2.29. The molecule has 2 aromatic heterocycles. The largest absolute Gasteiger partial charge is 0.333 e. The molecule has 21 heavy (non-hydrogen) atoms. The minimum absolute atomic E-state index is 0.335. The predicted molar refractivity (Wildman–Crippen MR) is 80.9 cm³/mol. The maximum absolute atomic E-state index is 8.87. The van der Waals surface area contributed by atoms with E-state index >= 15 is 0 Å². The van der Waals surface area contributed by atoms with Gasteiger partial charge in [-0.05, 0) is 31.5 Å². The molecule has 0 aliphatic rings. The van der Waals surface area contributed by atoms with Crippen LogP contribution in [-0.2, 0) is 5.41 Å². The first-order chi connectivity index (χ1) is 10.1. The highest BCUT2D eigenvalue weighted by molar-refractivity contribution is 7.15. The summed E-state index contributed by atoms with van der Waals surface area (Å²) in [6.45, 7) is 4.12. The highest BCUT2D eigenvalue weighted by Crippen LogP contribution is 2.32. The van der Waals surface area contributed by atoms with Crippen LogP contribution in [0.25, 0.3) is 10.8 Å². The Labute approximate surface area is 126 Å². The van der Waals surface area contributed by atoms with Crippen LogP contribution < -0.4 is 0 Å². The minimum atomic E-state index is -0.335. The molecular weight excluding hydrogens is 282 g/mol. The van der Waals surface area contributed by atoms with Gasteiger partial charge in [0.05, 0.1) is 10.3 Å². The predicted octanol–water partition coefficient (Wildman–Crippen LogP) is 4.00. The number of rotatable bonds is 3. The molecule has 0 bridgehead atoms. The Balaban J connectivity index is 1.96. The number of nitrogens with zero attached hydrogens (tertiary/aromatic N) is 3. The molecule has 4 nitrogen and oxygen atoms in total. The third-order valence-corrected chi connectivity index (χ3v) is 4.39. The smallest absolute Gasteiger partial charge is 0.268 e. The third-order valence-electron chi connectivity index (χ3n) is 3.41. The van der Waals surface area contributed by atoms with E-state index in [-0.39, 0.29) is 5.41 Å². The molecule has 2 heterocycles. The van der Waals surface area contributed by atoms with Crippen LogP contribution in [0, 0.1) is 11.3 Å². The zero-order chi connectivity index (χ0) is 14.9. The number of benzene rings is 1. The van der Waals surface area contributed by atoms with Gasteiger partial charge in [0.1, 0.15) is 10.9 Å². The molecule has 0 aliphatic heterocycles. The molecule has 1 aromatic carbocycles. The number of hydrogen-bond donors (Lipinski definition) is 0. The normalized spacial score (nSPS) is 11.3. The first-order valence-corrected chi connectivity index (χ1v) is 7.33. The van der Waals surface area contributed by atoms with Crippen molar-refractivity contribution in [2.45, 2.75) is 19.3 Å². The first kappa shape index (κ1) is 13.5. The Hall–Kier alpha value is -2.45. The molecule has 0 fully saturated rings. The molecule has 3 aromatic rings. The highest BCUT2D eigenvalue weighted by atomic mass is 32.1. The van der Waals surface area contributed by atoms with Crippen LogP contribution in [0.4, 0.5) is 0 Å². The zero-order valence-corrected chi connectivity index (χ0v) is 12.5. The number of aromatic nitrogens is 2. The van der Waals surface area contributed by atoms with Gasteiger partial charge in [0.25, 0.3) is 5.89 Å². The molecule has 0 radical (unpaired) electrons. The van der Waals surface area contributed by atoms with Crippen molar-refractivity contribution in [1.29, 1.82) is 5.26 Å². The topological polar surface area (TPSA) is 62.7 Å². The van der Waals surface area contributed by atoms with E-state index in [9.17, 15) is 0 Å². The molecule has 0 saturated carbocycles. The lowest BCUT2D eigenvalue weighted by Gasteiger charge is -2.20. The fraction of sp³-hybridized carbons (Fsp3) is 0.188. The van der Waals surface area contributed by atoms with Crippen molar-refractivity contribution in [2.75, 3.05) is 0 Å². The Kier molecular flexibility index (Phi) is 3.32. The van der Waals surface area contributed by atoms with E-state index in [1.807, 2.05) is 24.3 Å². The van der Waals surface area contributed by atoms with E-state index < -0.39 is 0 Å². The minimum Gasteiger partial charge on any atom is -0.333 e. The lowest BCUT2D eigenvalue weighted by Crippen LogP contribution is -2.20. The second-order valence-corrected chi connectivity index (χ2v) is 6.27. The van der Waals surface area contributed by atoms with Gasteiger partial charge in [0, 0.05) is 0 Å². The van der Waals surface area contributed by atoms with E-state index in [1.165, 1.54) is 11.3 Å². The molecule has 104 valence electrons. The van der Waals surface area contributed by atoms with Crippen molar-refractivity contribution < 1.29 is 4.52 Å². The summed E-state index contributed by atoms with van der Waals surface area (Å²) in [5.41, 5.74) is 0.791. The van der Waals surface area contributed by atoms with Crippen LogP contribution in [0.5, 0.6) is 0 Å². The van der Waals surface area contributed by atoms with Gasteiger partial charge < -0.3 is 4.52 Å². The van der Waals surface area contributed by atoms with Gasteiger partial charge in [-0.1, -0.05) is 35.5 Å². The van der Waals surface area contributed by atoms with Crippen LogP contribution in [0.3, 0.4) is 0 Å². The Morgan fingerprint density at radius 1 is 1.14 bits per heavy atom. The third kappa shape index (κ3) is 2.46. The summed E-state index contributed by atoms with van der Waals surface area (Å²) in [7, 11) is 0. The number of hydrogen-bond acceptors (Lipinski definition) is 5. The lowest BCUT2D eigenvalue weighted by atomic mass is 9.84. The van der Waals surface area contributed by atoms with Crippen LogP contribution in [0.2, 0.25) is 0 Å². The Morgan fingerprint density at radius 3 is 2.57 bits per heavy atom. The van der Waals surface area contributed by atoms with Gasteiger partial charge in [-0.2, -0.15) is 10.2 Å². The molecule has 0 spiro atoms. The van der Waals surface area contributed by atoms with Gasteiger partial charge in [-0.3, -0.25) is 0 Å². The number of nitriles is 1. The molecule has 0 atom stereocenters. The quantitative estimate of drug-likeness (QED) is 0.732. The van der Waals surface area contributed by atoms with E-state index in [0.717, 1.165) is 10.4 Å². The van der Waals surface area contributed by atoms with Crippen molar-refractivity contribution in [1.82, 2.24) is 10.1 Å². The molecule has 0 N–H and O–H groups in total. The van der Waals surface area contributed by atoms with Crippen LogP contribution >= 0.6 is 11.3 Å². The van der Waals surface area contributed by atoms with Crippen LogP contribution in [0.1, 0.15) is 30.1 Å². The van der Waals surface area contributed by atoms with E-state index in [4.69, 9.17) is 9.78 Å². The summed E-state index contributed by atoms with van der Waals surface area (Å²) in [5, 5.41) is 13.0. The van der Waals surface area contributed by atoms with Gasteiger partial charge in [0.2, 0.25) is 0 Å². The summed E-state index contributed by atoms with van der Waals surface area (Å²) >= 11 is 1.35. The first-order valence-electron chi connectivity index (χ1n) is 6.51. The molecular formula is C16H13N3OS. The second kappa shape index (κ2) is 5.15. The van der Waals surface area contributed by atoms with Gasteiger partial charge in [-0.25, -0.2) is 0 Å². The van der Waals surface area contributed by atoms with Crippen molar-refractivity contribution in [2.24, 2.45) is 0 Å². The monoisotopic (exact) mass is 295 g/mol. The maximum atomic E-state index is 8.87. The fourth-order valence-electron chi connectivity index (χ4n) is 2.07. The molecule has 0 amide bonds. The average Bonchev–Trinajstić information content (AvgIpc) is 3.17. The van der Waals surface area contributed by atoms with Gasteiger partial charge in [-0.15, -0.1) is 11.3 Å². The summed E-state index contributed by atoms with van der Waals surface area (Å²) in [5.74, 6) is 1.09. The van der Waals surface area contributed by atoms with Crippen LogP contribution in [-0.4, -0.2) is 10.1 Å². The summed E-state index contributed by atoms with van der Waals surface area (Å²) in [4.78, 5) is 5.94.